The lowest BCUT2D eigenvalue weighted by Crippen LogP contribution is -2.47. The Bertz CT molecular complexity index is 398. The molecule has 0 aliphatic rings. The normalized spacial score (nSPS) is 12.6. The van der Waals surface area contributed by atoms with Gasteiger partial charge in [0.05, 0.1) is 5.54 Å². The zero-order valence-corrected chi connectivity index (χ0v) is 9.79. The van der Waals surface area contributed by atoms with Crippen molar-refractivity contribution in [3.63, 3.8) is 0 Å². The average Bonchev–Trinajstić information content (AvgIpc) is 2.49. The van der Waals surface area contributed by atoms with Crippen molar-refractivity contribution in [3.05, 3.63) is 16.1 Å². The van der Waals surface area contributed by atoms with Crippen LogP contribution in [0, 0.1) is 6.92 Å². The van der Waals surface area contributed by atoms with E-state index < -0.39 is 17.6 Å². The highest BCUT2D eigenvalue weighted by molar-refractivity contribution is 7.09. The summed E-state index contributed by atoms with van der Waals surface area (Å²) in [5.74, 6) is -1.95. The summed E-state index contributed by atoms with van der Waals surface area (Å²) in [5.41, 5.74) is -0.403. The van der Waals surface area contributed by atoms with Gasteiger partial charge in [0.2, 0.25) is 0 Å². The van der Waals surface area contributed by atoms with Gasteiger partial charge in [0.15, 0.2) is 0 Å². The maximum absolute atomic E-state index is 12.1. The van der Waals surface area contributed by atoms with Gasteiger partial charge in [0.1, 0.15) is 5.01 Å². The minimum atomic E-state index is -4.87. The molecular weight excluding hydrogens is 241 g/mol. The van der Waals surface area contributed by atoms with Gasteiger partial charge < -0.3 is 5.32 Å². The number of rotatable bonds is 2. The molecule has 0 aliphatic heterocycles. The number of carbonyl (C=O) groups excluding carboxylic acids is 1. The summed E-state index contributed by atoms with van der Waals surface area (Å²) in [6, 6.07) is 0. The third-order valence-electron chi connectivity index (χ3n) is 1.84. The van der Waals surface area contributed by atoms with Gasteiger partial charge in [0, 0.05) is 11.1 Å². The van der Waals surface area contributed by atoms with Crippen LogP contribution in [0.25, 0.3) is 0 Å². The maximum Gasteiger partial charge on any atom is 0.471 e. The molecule has 0 aromatic carbocycles. The summed E-state index contributed by atoms with van der Waals surface area (Å²) in [6.45, 7) is 4.70. The van der Waals surface area contributed by atoms with E-state index in [1.54, 1.807) is 12.3 Å². The molecule has 90 valence electrons. The lowest BCUT2D eigenvalue weighted by atomic mass is 10.1. The molecule has 1 aromatic rings. The average molecular weight is 252 g/mol. The summed E-state index contributed by atoms with van der Waals surface area (Å²) in [5, 5.41) is 4.08. The lowest BCUT2D eigenvalue weighted by molar-refractivity contribution is -0.175. The van der Waals surface area contributed by atoms with E-state index in [0.717, 1.165) is 0 Å². The number of nitrogens with one attached hydrogen (secondary N) is 1. The minimum Gasteiger partial charge on any atom is -0.337 e. The topological polar surface area (TPSA) is 42.0 Å². The first kappa shape index (κ1) is 13.0. The molecule has 0 saturated heterocycles. The smallest absolute Gasteiger partial charge is 0.337 e. The van der Waals surface area contributed by atoms with Gasteiger partial charge in [-0.2, -0.15) is 13.2 Å². The number of alkyl halides is 3. The minimum absolute atomic E-state index is 0.447. The monoisotopic (exact) mass is 252 g/mol. The Kier molecular flexibility index (Phi) is 3.27. The molecule has 7 heteroatoms. The molecule has 0 saturated carbocycles. The summed E-state index contributed by atoms with van der Waals surface area (Å²) in [6.07, 6.45) is -4.87. The van der Waals surface area contributed by atoms with E-state index in [-0.39, 0.29) is 0 Å². The van der Waals surface area contributed by atoms with Crippen molar-refractivity contribution in [2.75, 3.05) is 0 Å². The molecular formula is C9H11F3N2OS. The molecule has 16 heavy (non-hydrogen) atoms. The number of nitrogens with zero attached hydrogens (tertiary/aromatic N) is 1. The Labute approximate surface area is 94.7 Å². The third kappa shape index (κ3) is 2.94. The molecule has 0 fully saturated rings. The van der Waals surface area contributed by atoms with Crippen molar-refractivity contribution in [1.82, 2.24) is 10.3 Å². The van der Waals surface area contributed by atoms with Crippen molar-refractivity contribution in [3.8, 4) is 0 Å². The van der Waals surface area contributed by atoms with E-state index >= 15 is 0 Å². The van der Waals surface area contributed by atoms with Gasteiger partial charge in [-0.3, -0.25) is 4.79 Å². The molecule has 0 spiro atoms. The summed E-state index contributed by atoms with van der Waals surface area (Å²) in [4.78, 5) is 14.9. The van der Waals surface area contributed by atoms with Crippen molar-refractivity contribution in [2.24, 2.45) is 0 Å². The second-order valence-corrected chi connectivity index (χ2v) is 4.73. The Morgan fingerprint density at radius 2 is 2.00 bits per heavy atom. The Hall–Kier alpha value is -1.11. The van der Waals surface area contributed by atoms with Gasteiger partial charge in [-0.1, -0.05) is 0 Å². The Morgan fingerprint density at radius 1 is 1.44 bits per heavy atom. The molecule has 0 unspecified atom stereocenters. The van der Waals surface area contributed by atoms with Gasteiger partial charge in [0.25, 0.3) is 0 Å². The zero-order chi connectivity index (χ0) is 12.6. The van der Waals surface area contributed by atoms with Crippen LogP contribution >= 0.6 is 11.3 Å². The Balaban J connectivity index is 2.84. The molecule has 3 nitrogen and oxygen atoms in total. The largest absolute Gasteiger partial charge is 0.471 e. The zero-order valence-electron chi connectivity index (χ0n) is 8.97. The van der Waals surface area contributed by atoms with Crippen molar-refractivity contribution >= 4 is 17.2 Å². The fourth-order valence-corrected chi connectivity index (χ4v) is 1.93. The predicted octanol–water partition coefficient (Wildman–Crippen LogP) is 2.37. The first-order valence-electron chi connectivity index (χ1n) is 4.45. The molecule has 0 aliphatic carbocycles. The van der Waals surface area contributed by atoms with Crippen molar-refractivity contribution in [2.45, 2.75) is 32.5 Å². The third-order valence-corrected chi connectivity index (χ3v) is 3.12. The van der Waals surface area contributed by atoms with E-state index in [1.165, 1.54) is 25.2 Å². The number of aromatic nitrogens is 1. The highest BCUT2D eigenvalue weighted by Gasteiger charge is 2.42. The second-order valence-electron chi connectivity index (χ2n) is 3.87. The number of amides is 1. The van der Waals surface area contributed by atoms with Gasteiger partial charge in [-0.05, 0) is 20.8 Å². The number of hydrogen-bond donors (Lipinski definition) is 1. The van der Waals surface area contributed by atoms with Crippen LogP contribution in [0.4, 0.5) is 13.2 Å². The molecule has 0 radical (unpaired) electrons. The molecule has 0 bridgehead atoms. The van der Waals surface area contributed by atoms with Crippen molar-refractivity contribution < 1.29 is 18.0 Å². The molecule has 1 N–H and O–H groups in total. The van der Waals surface area contributed by atoms with Crippen LogP contribution in [-0.2, 0) is 10.3 Å². The summed E-state index contributed by atoms with van der Waals surface area (Å²) < 4.78 is 36.2. The van der Waals surface area contributed by atoms with Gasteiger partial charge in [-0.15, -0.1) is 11.3 Å². The van der Waals surface area contributed by atoms with Crippen LogP contribution in [0.5, 0.6) is 0 Å². The number of thiazole rings is 1. The number of halogens is 3. The van der Waals surface area contributed by atoms with Crippen molar-refractivity contribution in [1.29, 1.82) is 0 Å². The van der Waals surface area contributed by atoms with E-state index in [0.29, 0.717) is 10.7 Å². The molecule has 1 heterocycles. The summed E-state index contributed by atoms with van der Waals surface area (Å²) >= 11 is 1.22. The molecule has 0 atom stereocenters. The van der Waals surface area contributed by atoms with E-state index in [2.05, 4.69) is 4.98 Å². The molecule has 1 rings (SSSR count). The van der Waals surface area contributed by atoms with E-state index in [9.17, 15) is 18.0 Å². The first-order valence-corrected chi connectivity index (χ1v) is 5.33. The number of carbonyl (C=O) groups is 1. The highest BCUT2D eigenvalue weighted by Crippen LogP contribution is 2.25. The highest BCUT2D eigenvalue weighted by atomic mass is 32.1. The fourth-order valence-electron chi connectivity index (χ4n) is 1.05. The van der Waals surface area contributed by atoms with Crippen LogP contribution in [-0.4, -0.2) is 17.1 Å². The van der Waals surface area contributed by atoms with Gasteiger partial charge in [-0.25, -0.2) is 4.98 Å². The second kappa shape index (κ2) is 4.04. The predicted molar refractivity (Wildman–Crippen MR) is 54.1 cm³/mol. The SMILES string of the molecule is Cc1csc(C(C)(C)NC(=O)C(F)(F)F)n1. The standard InChI is InChI=1S/C9H11F3N2OS/c1-5-4-16-7(13-5)8(2,3)14-6(15)9(10,11)12/h4H,1-3H3,(H,14,15). The van der Waals surface area contributed by atoms with Crippen LogP contribution in [0.3, 0.4) is 0 Å². The molecule has 1 aromatic heterocycles. The number of hydrogen-bond acceptors (Lipinski definition) is 3. The van der Waals surface area contributed by atoms with E-state index in [1.807, 2.05) is 5.32 Å². The van der Waals surface area contributed by atoms with Gasteiger partial charge >= 0.3 is 12.1 Å². The fraction of sp³-hybridized carbons (Fsp3) is 0.556. The number of aryl methyl sites for hydroxylation is 1. The van der Waals surface area contributed by atoms with Crippen LogP contribution in [0.2, 0.25) is 0 Å². The van der Waals surface area contributed by atoms with Crippen LogP contribution in [0.1, 0.15) is 24.5 Å². The first-order chi connectivity index (χ1) is 7.13. The van der Waals surface area contributed by atoms with E-state index in [4.69, 9.17) is 0 Å². The lowest BCUT2D eigenvalue weighted by Gasteiger charge is -2.24. The quantitative estimate of drug-likeness (QED) is 0.878. The molecule has 1 amide bonds. The van der Waals surface area contributed by atoms with Crippen LogP contribution < -0.4 is 5.32 Å². The summed E-state index contributed by atoms with van der Waals surface area (Å²) in [7, 11) is 0. The maximum atomic E-state index is 12.1. The Morgan fingerprint density at radius 3 is 2.38 bits per heavy atom. The van der Waals surface area contributed by atoms with Crippen LogP contribution in [0.15, 0.2) is 5.38 Å².